The number of nitrogens with two attached hydrogens (primary N) is 1. The van der Waals surface area contributed by atoms with Gasteiger partial charge >= 0.3 is 0 Å². The van der Waals surface area contributed by atoms with Gasteiger partial charge in [-0.25, -0.2) is 5.84 Å². The third-order valence-electron chi connectivity index (χ3n) is 4.08. The molecule has 0 aromatic heterocycles. The summed E-state index contributed by atoms with van der Waals surface area (Å²) in [6.07, 6.45) is 1.37. The molecular formula is C12H25N3O2. The predicted octanol–water partition coefficient (Wildman–Crippen LogP) is 0.358. The smallest absolute Gasteiger partial charge is 0.238 e. The van der Waals surface area contributed by atoms with Crippen LogP contribution >= 0.6 is 0 Å². The zero-order valence-electron chi connectivity index (χ0n) is 11.3. The van der Waals surface area contributed by atoms with Gasteiger partial charge in [0.05, 0.1) is 12.0 Å². The molecule has 5 nitrogen and oxygen atoms in total. The molecule has 1 heterocycles. The van der Waals surface area contributed by atoms with Crippen LogP contribution in [0.15, 0.2) is 0 Å². The Morgan fingerprint density at radius 2 is 2.18 bits per heavy atom. The summed E-state index contributed by atoms with van der Waals surface area (Å²) >= 11 is 0. The van der Waals surface area contributed by atoms with Gasteiger partial charge in [0, 0.05) is 19.7 Å². The van der Waals surface area contributed by atoms with Crippen LogP contribution < -0.4 is 11.3 Å². The lowest BCUT2D eigenvalue weighted by Crippen LogP contribution is -2.52. The summed E-state index contributed by atoms with van der Waals surface area (Å²) in [7, 11) is 1.76. The van der Waals surface area contributed by atoms with E-state index in [1.807, 2.05) is 6.92 Å². The van der Waals surface area contributed by atoms with E-state index in [-0.39, 0.29) is 24.0 Å². The maximum Gasteiger partial charge on any atom is 0.238 e. The number of hydrogen-bond acceptors (Lipinski definition) is 4. The first-order chi connectivity index (χ1) is 8.01. The number of rotatable bonds is 4. The normalized spacial score (nSPS) is 29.7. The number of ether oxygens (including phenoxy) is 1. The maximum absolute atomic E-state index is 11.5. The van der Waals surface area contributed by atoms with Gasteiger partial charge in [-0.2, -0.15) is 0 Å². The van der Waals surface area contributed by atoms with Crippen molar-refractivity contribution in [2.45, 2.75) is 39.3 Å². The average Bonchev–Trinajstić information content (AvgIpc) is 2.36. The first-order valence-corrected chi connectivity index (χ1v) is 6.28. The van der Waals surface area contributed by atoms with Crippen LogP contribution in [0, 0.1) is 11.8 Å². The van der Waals surface area contributed by atoms with Crippen molar-refractivity contribution in [1.82, 2.24) is 10.3 Å². The van der Waals surface area contributed by atoms with Gasteiger partial charge in [0.1, 0.15) is 0 Å². The fourth-order valence-electron chi connectivity index (χ4n) is 2.40. The van der Waals surface area contributed by atoms with Gasteiger partial charge in [-0.15, -0.1) is 0 Å². The first-order valence-electron chi connectivity index (χ1n) is 6.28. The molecule has 3 N–H and O–H groups in total. The quantitative estimate of drug-likeness (QED) is 0.425. The molecule has 0 bridgehead atoms. The highest BCUT2D eigenvalue weighted by Crippen LogP contribution is 2.23. The predicted molar refractivity (Wildman–Crippen MR) is 67.1 cm³/mol. The minimum Gasteiger partial charge on any atom is -0.380 e. The zero-order chi connectivity index (χ0) is 13.0. The molecule has 1 aliphatic heterocycles. The Hall–Kier alpha value is -0.650. The summed E-state index contributed by atoms with van der Waals surface area (Å²) in [5.41, 5.74) is 2.22. The second-order valence-electron chi connectivity index (χ2n) is 5.07. The number of carbonyl (C=O) groups excluding carboxylic acids is 1. The molecule has 17 heavy (non-hydrogen) atoms. The van der Waals surface area contributed by atoms with E-state index in [1.54, 1.807) is 7.11 Å². The molecule has 4 atom stereocenters. The molecular weight excluding hydrogens is 218 g/mol. The summed E-state index contributed by atoms with van der Waals surface area (Å²) in [5.74, 6) is 5.55. The number of methoxy groups -OCH3 is 1. The fourth-order valence-corrected chi connectivity index (χ4v) is 2.40. The molecule has 0 aromatic carbocycles. The van der Waals surface area contributed by atoms with Gasteiger partial charge in [-0.3, -0.25) is 15.1 Å². The lowest BCUT2D eigenvalue weighted by Gasteiger charge is -2.41. The molecule has 4 unspecified atom stereocenters. The van der Waals surface area contributed by atoms with Crippen molar-refractivity contribution < 1.29 is 9.53 Å². The Kier molecular flexibility index (Phi) is 5.36. The number of nitrogens with one attached hydrogen (secondary N) is 1. The molecule has 0 radical (unpaired) electrons. The number of amides is 1. The van der Waals surface area contributed by atoms with Crippen LogP contribution in [0.1, 0.15) is 27.2 Å². The molecule has 1 amide bonds. The Bertz CT molecular complexity index is 260. The van der Waals surface area contributed by atoms with Gasteiger partial charge < -0.3 is 4.74 Å². The molecule has 1 rings (SSSR count). The number of piperidine rings is 1. The molecule has 0 saturated carbocycles. The van der Waals surface area contributed by atoms with E-state index in [2.05, 4.69) is 24.2 Å². The van der Waals surface area contributed by atoms with Gasteiger partial charge in [0.15, 0.2) is 0 Å². The maximum atomic E-state index is 11.5. The monoisotopic (exact) mass is 243 g/mol. The Balaban J connectivity index is 2.58. The molecule has 5 heteroatoms. The van der Waals surface area contributed by atoms with Gasteiger partial charge in [0.2, 0.25) is 5.91 Å². The van der Waals surface area contributed by atoms with Crippen molar-refractivity contribution >= 4 is 5.91 Å². The van der Waals surface area contributed by atoms with Crippen molar-refractivity contribution in [3.8, 4) is 0 Å². The Labute approximate surface area is 104 Å². The minimum absolute atomic E-state index is 0.106. The number of nitrogens with zero attached hydrogens (tertiary/aromatic N) is 1. The number of hydrogen-bond donors (Lipinski definition) is 2. The molecule has 1 aliphatic rings. The minimum atomic E-state index is -0.106. The highest BCUT2D eigenvalue weighted by atomic mass is 16.5. The van der Waals surface area contributed by atoms with Crippen molar-refractivity contribution in [1.29, 1.82) is 0 Å². The van der Waals surface area contributed by atoms with E-state index >= 15 is 0 Å². The summed E-state index contributed by atoms with van der Waals surface area (Å²) in [4.78, 5) is 13.8. The van der Waals surface area contributed by atoms with Gasteiger partial charge in [-0.1, -0.05) is 13.8 Å². The van der Waals surface area contributed by atoms with Crippen LogP contribution in [0.4, 0.5) is 0 Å². The average molecular weight is 243 g/mol. The van der Waals surface area contributed by atoms with Crippen LogP contribution in [-0.4, -0.2) is 43.2 Å². The second kappa shape index (κ2) is 6.33. The van der Waals surface area contributed by atoms with Crippen LogP contribution in [0.2, 0.25) is 0 Å². The number of hydrazine groups is 1. The topological polar surface area (TPSA) is 67.6 Å². The molecule has 100 valence electrons. The SMILES string of the molecule is COC1CN(C(C)C(C)C(=O)NN)CCC1C. The van der Waals surface area contributed by atoms with E-state index in [0.29, 0.717) is 5.92 Å². The summed E-state index contributed by atoms with van der Waals surface area (Å²) in [6, 6.07) is 0.184. The third-order valence-corrected chi connectivity index (χ3v) is 4.08. The van der Waals surface area contributed by atoms with E-state index < -0.39 is 0 Å². The van der Waals surface area contributed by atoms with E-state index in [4.69, 9.17) is 10.6 Å². The number of carbonyl (C=O) groups is 1. The Morgan fingerprint density at radius 1 is 1.53 bits per heavy atom. The molecule has 0 aromatic rings. The van der Waals surface area contributed by atoms with Crippen LogP contribution in [-0.2, 0) is 9.53 Å². The zero-order valence-corrected chi connectivity index (χ0v) is 11.3. The lowest BCUT2D eigenvalue weighted by atomic mass is 9.92. The van der Waals surface area contributed by atoms with Crippen LogP contribution in [0.5, 0.6) is 0 Å². The van der Waals surface area contributed by atoms with Gasteiger partial charge in [0.25, 0.3) is 0 Å². The summed E-state index contributed by atoms with van der Waals surface area (Å²) < 4.78 is 5.48. The van der Waals surface area contributed by atoms with E-state index in [9.17, 15) is 4.79 Å². The van der Waals surface area contributed by atoms with Crippen LogP contribution in [0.3, 0.4) is 0 Å². The molecule has 1 saturated heterocycles. The summed E-state index contributed by atoms with van der Waals surface area (Å²) in [6.45, 7) is 8.10. The highest BCUT2D eigenvalue weighted by molar-refractivity contribution is 5.78. The molecule has 0 aliphatic carbocycles. The standard InChI is InChI=1S/C12H25N3O2/c1-8-5-6-15(7-11(8)17-4)10(3)9(2)12(16)14-13/h8-11H,5-7,13H2,1-4H3,(H,14,16). The van der Waals surface area contributed by atoms with E-state index in [0.717, 1.165) is 19.5 Å². The molecule has 1 fully saturated rings. The highest BCUT2D eigenvalue weighted by Gasteiger charge is 2.32. The summed E-state index contributed by atoms with van der Waals surface area (Å²) in [5, 5.41) is 0. The number of likely N-dealkylation sites (tertiary alicyclic amines) is 1. The third kappa shape index (κ3) is 3.40. The van der Waals surface area contributed by atoms with E-state index in [1.165, 1.54) is 0 Å². The van der Waals surface area contributed by atoms with Crippen molar-refractivity contribution in [2.75, 3.05) is 20.2 Å². The van der Waals surface area contributed by atoms with Crippen molar-refractivity contribution in [3.63, 3.8) is 0 Å². The van der Waals surface area contributed by atoms with Crippen molar-refractivity contribution in [2.24, 2.45) is 17.7 Å². The van der Waals surface area contributed by atoms with Crippen LogP contribution in [0.25, 0.3) is 0 Å². The van der Waals surface area contributed by atoms with Crippen molar-refractivity contribution in [3.05, 3.63) is 0 Å². The first kappa shape index (κ1) is 14.4. The second-order valence-corrected chi connectivity index (χ2v) is 5.07. The molecule has 0 spiro atoms. The fraction of sp³-hybridized carbons (Fsp3) is 0.917. The van der Waals surface area contributed by atoms with Gasteiger partial charge in [-0.05, 0) is 25.8 Å². The Morgan fingerprint density at radius 3 is 2.71 bits per heavy atom. The largest absolute Gasteiger partial charge is 0.380 e. The lowest BCUT2D eigenvalue weighted by molar-refractivity contribution is -0.127.